The lowest BCUT2D eigenvalue weighted by Crippen LogP contribution is -2.41. The number of pyridine rings is 1. The van der Waals surface area contributed by atoms with Gasteiger partial charge in [0, 0.05) is 36.7 Å². The van der Waals surface area contributed by atoms with Crippen LogP contribution in [-0.4, -0.2) is 49.2 Å². The molecule has 0 fully saturated rings. The van der Waals surface area contributed by atoms with Crippen LogP contribution in [0.5, 0.6) is 17.2 Å². The fraction of sp³-hybridized carbons (Fsp3) is 0.286. The number of amides is 1. The Morgan fingerprint density at radius 1 is 0.897 bits per heavy atom. The number of methoxy groups -OCH3 is 2. The molecule has 1 heterocycles. The summed E-state index contributed by atoms with van der Waals surface area (Å²) in [6.45, 7) is 4.18. The number of ether oxygens (including phenoxy) is 4. The Morgan fingerprint density at radius 3 is 2.15 bits per heavy atom. The summed E-state index contributed by atoms with van der Waals surface area (Å²) in [6.07, 6.45) is 0.433. The second-order valence-corrected chi connectivity index (χ2v) is 8.54. The van der Waals surface area contributed by atoms with E-state index < -0.39 is 47.5 Å². The molecular formula is C28H28F2N2O7. The van der Waals surface area contributed by atoms with E-state index in [1.54, 1.807) is 6.92 Å². The van der Waals surface area contributed by atoms with Crippen molar-refractivity contribution in [3.05, 3.63) is 83.2 Å². The van der Waals surface area contributed by atoms with Crippen LogP contribution in [-0.2, 0) is 14.3 Å². The van der Waals surface area contributed by atoms with Gasteiger partial charge < -0.3 is 24.3 Å². The van der Waals surface area contributed by atoms with E-state index in [9.17, 15) is 23.2 Å². The van der Waals surface area contributed by atoms with Gasteiger partial charge in [0.05, 0.1) is 14.2 Å². The van der Waals surface area contributed by atoms with Crippen molar-refractivity contribution in [2.75, 3.05) is 14.2 Å². The highest BCUT2D eigenvalue weighted by Crippen LogP contribution is 2.36. The Balaban J connectivity index is 1.84. The summed E-state index contributed by atoms with van der Waals surface area (Å²) in [5.41, 5.74) is 0.830. The molecule has 1 amide bonds. The maximum absolute atomic E-state index is 13.9. The average molecular weight is 543 g/mol. The minimum absolute atomic E-state index is 0.101. The van der Waals surface area contributed by atoms with E-state index in [1.807, 2.05) is 0 Å². The first kappa shape index (κ1) is 29.0. The number of halogens is 2. The van der Waals surface area contributed by atoms with E-state index in [0.29, 0.717) is 11.1 Å². The van der Waals surface area contributed by atoms with Crippen molar-refractivity contribution in [2.45, 2.75) is 38.8 Å². The van der Waals surface area contributed by atoms with Gasteiger partial charge in [0.15, 0.2) is 11.4 Å². The highest BCUT2D eigenvalue weighted by atomic mass is 19.1. The maximum atomic E-state index is 13.9. The van der Waals surface area contributed by atoms with Gasteiger partial charge in [-0.15, -0.1) is 0 Å². The largest absolute Gasteiger partial charge is 0.496 e. The first-order valence-electron chi connectivity index (χ1n) is 11.9. The predicted octanol–water partition coefficient (Wildman–Crippen LogP) is 4.18. The molecule has 11 heteroatoms. The molecule has 0 aliphatic heterocycles. The second kappa shape index (κ2) is 12.8. The lowest BCUT2D eigenvalue weighted by Gasteiger charge is -2.27. The molecule has 1 aromatic heterocycles. The van der Waals surface area contributed by atoms with Crippen LogP contribution in [0.25, 0.3) is 0 Å². The minimum atomic E-state index is -1.15. The molecule has 3 atom stereocenters. The molecule has 1 N–H and O–H groups in total. The van der Waals surface area contributed by atoms with Gasteiger partial charge in [0.1, 0.15) is 29.5 Å². The van der Waals surface area contributed by atoms with Crippen LogP contribution >= 0.6 is 0 Å². The molecule has 0 saturated carbocycles. The molecule has 0 aliphatic rings. The number of nitrogens with one attached hydrogen (secondary N) is 1. The van der Waals surface area contributed by atoms with E-state index in [-0.39, 0.29) is 22.9 Å². The molecule has 39 heavy (non-hydrogen) atoms. The third-order valence-electron chi connectivity index (χ3n) is 5.78. The number of hydrogen-bond acceptors (Lipinski definition) is 8. The number of hydrogen-bond donors (Lipinski definition) is 1. The number of benzene rings is 2. The molecule has 3 aromatic rings. The van der Waals surface area contributed by atoms with Crippen LogP contribution in [0.2, 0.25) is 0 Å². The van der Waals surface area contributed by atoms with Crippen molar-refractivity contribution in [1.82, 2.24) is 10.3 Å². The predicted molar refractivity (Wildman–Crippen MR) is 136 cm³/mol. The van der Waals surface area contributed by atoms with E-state index in [4.69, 9.17) is 18.9 Å². The fourth-order valence-corrected chi connectivity index (χ4v) is 3.99. The number of carbonyl (C=O) groups is 3. The zero-order valence-corrected chi connectivity index (χ0v) is 22.0. The van der Waals surface area contributed by atoms with Gasteiger partial charge in [-0.25, -0.2) is 18.6 Å². The Morgan fingerprint density at radius 2 is 1.54 bits per heavy atom. The third-order valence-corrected chi connectivity index (χ3v) is 5.78. The van der Waals surface area contributed by atoms with Crippen LogP contribution in [0, 0.1) is 11.6 Å². The number of carbonyl (C=O) groups excluding carboxylic acids is 3. The summed E-state index contributed by atoms with van der Waals surface area (Å²) in [5, 5.41) is 2.48. The van der Waals surface area contributed by atoms with Gasteiger partial charge >= 0.3 is 11.9 Å². The highest BCUT2D eigenvalue weighted by molar-refractivity contribution is 5.98. The van der Waals surface area contributed by atoms with Crippen LogP contribution < -0.4 is 19.5 Å². The Kier molecular flexibility index (Phi) is 9.53. The Labute approximate surface area is 224 Å². The van der Waals surface area contributed by atoms with E-state index in [0.717, 1.165) is 6.92 Å². The van der Waals surface area contributed by atoms with Gasteiger partial charge in [-0.1, -0.05) is 18.2 Å². The van der Waals surface area contributed by atoms with E-state index in [1.165, 1.54) is 75.9 Å². The van der Waals surface area contributed by atoms with Gasteiger partial charge in [-0.3, -0.25) is 9.59 Å². The topological polar surface area (TPSA) is 113 Å². The normalized spacial score (nSPS) is 13.0. The molecule has 0 bridgehead atoms. The summed E-state index contributed by atoms with van der Waals surface area (Å²) >= 11 is 0. The lowest BCUT2D eigenvalue weighted by molar-refractivity contribution is -0.150. The number of rotatable bonds is 10. The number of esters is 2. The van der Waals surface area contributed by atoms with Crippen LogP contribution in [0.4, 0.5) is 8.78 Å². The monoisotopic (exact) mass is 542 g/mol. The molecule has 0 saturated heterocycles. The zero-order chi connectivity index (χ0) is 28.7. The Hall–Kier alpha value is -4.54. The van der Waals surface area contributed by atoms with Crippen LogP contribution in [0.15, 0.2) is 54.7 Å². The fourth-order valence-electron chi connectivity index (χ4n) is 3.99. The number of aromatic nitrogens is 1. The molecule has 0 radical (unpaired) electrons. The van der Waals surface area contributed by atoms with Gasteiger partial charge in [-0.2, -0.15) is 0 Å². The van der Waals surface area contributed by atoms with E-state index in [2.05, 4.69) is 10.3 Å². The SMILES string of the molecule is COc1cc(F)ccc1[C@H](c1ccc(F)cc1)[C@H](C)OC(=O)[C@H](C)NC(=O)c1nccc(OC)c1OC(C)=O. The van der Waals surface area contributed by atoms with E-state index >= 15 is 0 Å². The molecule has 0 spiro atoms. The third kappa shape index (κ3) is 7.07. The van der Waals surface area contributed by atoms with Crippen molar-refractivity contribution in [3.8, 4) is 17.2 Å². The molecule has 206 valence electrons. The van der Waals surface area contributed by atoms with Crippen molar-refractivity contribution < 1.29 is 42.1 Å². The number of nitrogens with zero attached hydrogens (tertiary/aromatic N) is 1. The minimum Gasteiger partial charge on any atom is -0.496 e. The molecule has 2 aromatic carbocycles. The Bertz CT molecular complexity index is 1350. The first-order chi connectivity index (χ1) is 18.5. The molecule has 0 unspecified atom stereocenters. The van der Waals surface area contributed by atoms with Crippen molar-refractivity contribution in [3.63, 3.8) is 0 Å². The smallest absolute Gasteiger partial charge is 0.328 e. The summed E-state index contributed by atoms with van der Waals surface area (Å²) in [5.74, 6) is -3.81. The summed E-state index contributed by atoms with van der Waals surface area (Å²) in [4.78, 5) is 41.4. The summed E-state index contributed by atoms with van der Waals surface area (Å²) in [7, 11) is 2.71. The van der Waals surface area contributed by atoms with Gasteiger partial charge in [0.2, 0.25) is 5.75 Å². The molecule has 3 rings (SSSR count). The van der Waals surface area contributed by atoms with Gasteiger partial charge in [-0.05, 0) is 37.6 Å². The second-order valence-electron chi connectivity index (χ2n) is 8.54. The lowest BCUT2D eigenvalue weighted by atomic mass is 9.86. The highest BCUT2D eigenvalue weighted by Gasteiger charge is 2.30. The molecular weight excluding hydrogens is 514 g/mol. The maximum Gasteiger partial charge on any atom is 0.328 e. The van der Waals surface area contributed by atoms with Crippen molar-refractivity contribution in [2.24, 2.45) is 0 Å². The van der Waals surface area contributed by atoms with Crippen LogP contribution in [0.3, 0.4) is 0 Å². The van der Waals surface area contributed by atoms with Crippen molar-refractivity contribution in [1.29, 1.82) is 0 Å². The molecule has 9 nitrogen and oxygen atoms in total. The quantitative estimate of drug-likeness (QED) is 0.380. The zero-order valence-electron chi connectivity index (χ0n) is 22.0. The van der Waals surface area contributed by atoms with Gasteiger partial charge in [0.25, 0.3) is 5.91 Å². The van der Waals surface area contributed by atoms with Crippen LogP contribution in [0.1, 0.15) is 48.3 Å². The standard InChI is InChI=1S/C28H28F2N2O7/c1-15(32-27(34)25-26(39-17(3)33)22(36-4)12-13-31-25)28(35)38-16(2)24(18-6-8-19(29)9-7-18)21-11-10-20(30)14-23(21)37-5/h6-16,24H,1-5H3,(H,32,34)/t15-,16-,24-/m0/s1. The van der Waals surface area contributed by atoms with Crippen molar-refractivity contribution >= 4 is 17.8 Å². The summed E-state index contributed by atoms with van der Waals surface area (Å²) < 4.78 is 48.8. The average Bonchev–Trinajstić information content (AvgIpc) is 2.90. The summed E-state index contributed by atoms with van der Waals surface area (Å²) in [6, 6.07) is 9.79. The molecule has 0 aliphatic carbocycles. The first-order valence-corrected chi connectivity index (χ1v) is 11.9.